The zero-order chi connectivity index (χ0) is 13.5. The van der Waals surface area contributed by atoms with Gasteiger partial charge in [0, 0.05) is 30.9 Å². The third-order valence-electron chi connectivity index (χ3n) is 3.26. The van der Waals surface area contributed by atoms with Crippen LogP contribution >= 0.6 is 0 Å². The molecule has 0 unspecified atom stereocenters. The van der Waals surface area contributed by atoms with E-state index < -0.39 is 0 Å². The molecule has 0 radical (unpaired) electrons. The van der Waals surface area contributed by atoms with E-state index in [-0.39, 0.29) is 0 Å². The maximum Gasteiger partial charge on any atom is 0.0645 e. The normalized spacial score (nSPS) is 11.3. The molecule has 0 spiro atoms. The minimum atomic E-state index is 0.783. The molecule has 19 heavy (non-hydrogen) atoms. The Hall–Kier alpha value is -1.32. The van der Waals surface area contributed by atoms with Crippen molar-refractivity contribution >= 4 is 10.9 Å². The molecule has 0 bridgehead atoms. The molecule has 0 aliphatic rings. The molecule has 1 N–H and O–H groups in total. The van der Waals surface area contributed by atoms with Gasteiger partial charge in [-0.3, -0.25) is 0 Å². The molecule has 1 aromatic carbocycles. The molecule has 2 rings (SSSR count). The Kier molecular flexibility index (Phi) is 5.43. The van der Waals surface area contributed by atoms with Crippen LogP contribution in [0.15, 0.2) is 30.3 Å². The van der Waals surface area contributed by atoms with Crippen molar-refractivity contribution in [3.8, 4) is 0 Å². The Morgan fingerprint density at radius 3 is 2.79 bits per heavy atom. The van der Waals surface area contributed by atoms with Crippen LogP contribution in [0.4, 0.5) is 0 Å². The highest BCUT2D eigenvalue weighted by Crippen LogP contribution is 2.19. The molecule has 2 aromatic rings. The summed E-state index contributed by atoms with van der Waals surface area (Å²) in [6, 6.07) is 10.8. The molecule has 104 valence electrons. The zero-order valence-corrected chi connectivity index (χ0v) is 12.0. The number of rotatable bonds is 8. The van der Waals surface area contributed by atoms with Crippen LogP contribution in [-0.4, -0.2) is 24.3 Å². The summed E-state index contributed by atoms with van der Waals surface area (Å²) >= 11 is 0. The molecule has 3 nitrogen and oxygen atoms in total. The first-order valence-corrected chi connectivity index (χ1v) is 7.22. The van der Waals surface area contributed by atoms with Gasteiger partial charge in [0.1, 0.15) is 0 Å². The van der Waals surface area contributed by atoms with Gasteiger partial charge in [0.25, 0.3) is 0 Å². The summed E-state index contributed by atoms with van der Waals surface area (Å²) < 4.78 is 7.99. The first-order valence-electron chi connectivity index (χ1n) is 7.22. The van der Waals surface area contributed by atoms with Gasteiger partial charge in [-0.2, -0.15) is 0 Å². The summed E-state index contributed by atoms with van der Waals surface area (Å²) in [6.07, 6.45) is 1.08. The van der Waals surface area contributed by atoms with E-state index in [0.717, 1.165) is 39.3 Å². The van der Waals surface area contributed by atoms with Gasteiger partial charge in [0.2, 0.25) is 0 Å². The Bertz CT molecular complexity index is 504. The highest BCUT2D eigenvalue weighted by Gasteiger charge is 2.07. The van der Waals surface area contributed by atoms with E-state index >= 15 is 0 Å². The Morgan fingerprint density at radius 2 is 2.00 bits per heavy atom. The summed E-state index contributed by atoms with van der Waals surface area (Å²) in [5.41, 5.74) is 2.64. The van der Waals surface area contributed by atoms with Crippen LogP contribution in [0.3, 0.4) is 0 Å². The molecule has 3 heteroatoms. The number of nitrogens with zero attached hydrogens (tertiary/aromatic N) is 1. The van der Waals surface area contributed by atoms with Gasteiger partial charge in [-0.25, -0.2) is 0 Å². The maximum atomic E-state index is 5.62. The van der Waals surface area contributed by atoms with Crippen molar-refractivity contribution < 1.29 is 4.74 Å². The van der Waals surface area contributed by atoms with Gasteiger partial charge in [0.05, 0.1) is 6.61 Å². The van der Waals surface area contributed by atoms with Crippen molar-refractivity contribution in [2.75, 3.05) is 19.8 Å². The van der Waals surface area contributed by atoms with Gasteiger partial charge in [0.15, 0.2) is 0 Å². The van der Waals surface area contributed by atoms with Crippen molar-refractivity contribution in [2.45, 2.75) is 33.4 Å². The lowest BCUT2D eigenvalue weighted by Gasteiger charge is -2.11. The molecule has 1 aromatic heterocycles. The Morgan fingerprint density at radius 1 is 1.16 bits per heavy atom. The predicted octanol–water partition coefficient (Wildman–Crippen LogP) is 3.18. The molecule has 0 saturated heterocycles. The van der Waals surface area contributed by atoms with E-state index in [4.69, 9.17) is 4.74 Å². The monoisotopic (exact) mass is 260 g/mol. The molecule has 1 heterocycles. The fourth-order valence-corrected chi connectivity index (χ4v) is 2.33. The molecular weight excluding hydrogens is 236 g/mol. The largest absolute Gasteiger partial charge is 0.380 e. The minimum Gasteiger partial charge on any atom is -0.380 e. The molecule has 0 aliphatic heterocycles. The number of fused-ring (bicyclic) bond motifs is 1. The van der Waals surface area contributed by atoms with E-state index in [1.165, 1.54) is 16.6 Å². The molecule has 0 atom stereocenters. The molecule has 0 amide bonds. The van der Waals surface area contributed by atoms with E-state index in [1.807, 2.05) is 0 Å². The Balaban J connectivity index is 2.16. The molecule has 0 aliphatic carbocycles. The van der Waals surface area contributed by atoms with Crippen LogP contribution in [-0.2, 0) is 17.8 Å². The summed E-state index contributed by atoms with van der Waals surface area (Å²) in [6.45, 7) is 8.74. The topological polar surface area (TPSA) is 26.2 Å². The van der Waals surface area contributed by atoms with E-state index in [1.54, 1.807) is 0 Å². The number of ether oxygens (including phenoxy) is 1. The first-order chi connectivity index (χ1) is 9.36. The number of hydrogen-bond acceptors (Lipinski definition) is 2. The lowest BCUT2D eigenvalue weighted by molar-refractivity contribution is 0.127. The number of para-hydroxylation sites is 1. The number of hydrogen-bond donors (Lipinski definition) is 1. The third-order valence-corrected chi connectivity index (χ3v) is 3.26. The Labute approximate surface area is 115 Å². The zero-order valence-electron chi connectivity index (χ0n) is 12.0. The average molecular weight is 260 g/mol. The van der Waals surface area contributed by atoms with Gasteiger partial charge in [-0.05, 0) is 30.5 Å². The number of benzene rings is 1. The summed E-state index contributed by atoms with van der Waals surface area (Å²) in [5.74, 6) is 0. The van der Waals surface area contributed by atoms with E-state index in [2.05, 4.69) is 54.1 Å². The lowest BCUT2D eigenvalue weighted by Crippen LogP contribution is -2.17. The fraction of sp³-hybridized carbons (Fsp3) is 0.500. The maximum absolute atomic E-state index is 5.62. The molecule has 0 fully saturated rings. The van der Waals surface area contributed by atoms with Crippen molar-refractivity contribution in [2.24, 2.45) is 0 Å². The van der Waals surface area contributed by atoms with Crippen LogP contribution in [0.1, 0.15) is 26.0 Å². The lowest BCUT2D eigenvalue weighted by atomic mass is 10.2. The summed E-state index contributed by atoms with van der Waals surface area (Å²) in [4.78, 5) is 0. The predicted molar refractivity (Wildman–Crippen MR) is 80.4 cm³/mol. The SMILES string of the molecule is CCCOCCn1c(CNCC)cc2ccccc21. The average Bonchev–Trinajstić information content (AvgIpc) is 2.79. The van der Waals surface area contributed by atoms with Crippen LogP contribution in [0.5, 0.6) is 0 Å². The first kappa shape index (κ1) is 14.1. The summed E-state index contributed by atoms with van der Waals surface area (Å²) in [5, 5.41) is 4.72. The van der Waals surface area contributed by atoms with Crippen molar-refractivity contribution in [3.05, 3.63) is 36.0 Å². The fourth-order valence-electron chi connectivity index (χ4n) is 2.33. The van der Waals surface area contributed by atoms with Crippen LogP contribution in [0.25, 0.3) is 10.9 Å². The number of aromatic nitrogens is 1. The summed E-state index contributed by atoms with van der Waals surface area (Å²) in [7, 11) is 0. The van der Waals surface area contributed by atoms with E-state index in [9.17, 15) is 0 Å². The van der Waals surface area contributed by atoms with Crippen molar-refractivity contribution in [1.29, 1.82) is 0 Å². The van der Waals surface area contributed by atoms with Crippen LogP contribution in [0.2, 0.25) is 0 Å². The van der Waals surface area contributed by atoms with Gasteiger partial charge in [-0.1, -0.05) is 32.0 Å². The van der Waals surface area contributed by atoms with E-state index in [0.29, 0.717) is 0 Å². The van der Waals surface area contributed by atoms with Crippen LogP contribution < -0.4 is 5.32 Å². The smallest absolute Gasteiger partial charge is 0.0645 e. The van der Waals surface area contributed by atoms with Gasteiger partial charge < -0.3 is 14.6 Å². The molecular formula is C16H24N2O. The molecule has 0 saturated carbocycles. The highest BCUT2D eigenvalue weighted by atomic mass is 16.5. The highest BCUT2D eigenvalue weighted by molar-refractivity contribution is 5.81. The van der Waals surface area contributed by atoms with Crippen molar-refractivity contribution in [1.82, 2.24) is 9.88 Å². The number of nitrogens with one attached hydrogen (secondary N) is 1. The quantitative estimate of drug-likeness (QED) is 0.738. The second-order valence-corrected chi connectivity index (χ2v) is 4.74. The standard InChI is InChI=1S/C16H24N2O/c1-3-10-19-11-9-18-15(13-17-4-2)12-14-7-5-6-8-16(14)18/h5-8,12,17H,3-4,9-11,13H2,1-2H3. The minimum absolute atomic E-state index is 0.783. The second-order valence-electron chi connectivity index (χ2n) is 4.74. The van der Waals surface area contributed by atoms with Crippen molar-refractivity contribution in [3.63, 3.8) is 0 Å². The van der Waals surface area contributed by atoms with Crippen LogP contribution in [0, 0.1) is 0 Å². The van der Waals surface area contributed by atoms with Gasteiger partial charge >= 0.3 is 0 Å². The second kappa shape index (κ2) is 7.31. The third kappa shape index (κ3) is 3.58. The van der Waals surface area contributed by atoms with Gasteiger partial charge in [-0.15, -0.1) is 0 Å².